The van der Waals surface area contributed by atoms with Gasteiger partial charge in [-0.15, -0.1) is 12.4 Å². The predicted octanol–water partition coefficient (Wildman–Crippen LogP) is 3.94. The Labute approximate surface area is 174 Å². The van der Waals surface area contributed by atoms with Gasteiger partial charge in [-0.3, -0.25) is 4.79 Å². The fourth-order valence-corrected chi connectivity index (χ4v) is 3.47. The first-order valence-electron chi connectivity index (χ1n) is 9.03. The summed E-state index contributed by atoms with van der Waals surface area (Å²) in [6.07, 6.45) is 2.51. The third-order valence-corrected chi connectivity index (χ3v) is 5.14. The molecule has 2 atom stereocenters. The van der Waals surface area contributed by atoms with Crippen LogP contribution in [0.4, 0.5) is 0 Å². The third kappa shape index (κ3) is 4.24. The molecule has 0 bridgehead atoms. The number of hydrogen-bond donors (Lipinski definition) is 2. The van der Waals surface area contributed by atoms with Crippen LogP contribution in [0.15, 0.2) is 53.1 Å². The molecule has 6 nitrogen and oxygen atoms in total. The van der Waals surface area contributed by atoms with Gasteiger partial charge in [-0.05, 0) is 61.8 Å². The van der Waals surface area contributed by atoms with Crippen LogP contribution in [0.1, 0.15) is 23.8 Å². The highest BCUT2D eigenvalue weighted by molar-refractivity contribution is 6.30. The average molecular weight is 421 g/mol. The van der Waals surface area contributed by atoms with Crippen molar-refractivity contribution in [3.05, 3.63) is 59.4 Å². The van der Waals surface area contributed by atoms with E-state index >= 15 is 0 Å². The number of hydrogen-bond acceptors (Lipinski definition) is 4. The van der Waals surface area contributed by atoms with Crippen molar-refractivity contribution in [3.8, 4) is 17.1 Å². The molecule has 1 aliphatic rings. The fraction of sp³-hybridized carbons (Fsp3) is 0.300. The van der Waals surface area contributed by atoms with Gasteiger partial charge in [0.15, 0.2) is 11.5 Å². The number of amides is 1. The summed E-state index contributed by atoms with van der Waals surface area (Å²) in [6, 6.07) is 12.9. The van der Waals surface area contributed by atoms with Crippen molar-refractivity contribution in [1.29, 1.82) is 0 Å². The molecule has 1 aromatic carbocycles. The van der Waals surface area contributed by atoms with Crippen LogP contribution in [0.25, 0.3) is 17.1 Å². The van der Waals surface area contributed by atoms with Crippen molar-refractivity contribution in [2.45, 2.75) is 19.4 Å². The molecule has 0 saturated carbocycles. The molecule has 2 N–H and O–H groups in total. The second-order valence-electron chi connectivity index (χ2n) is 6.83. The van der Waals surface area contributed by atoms with Crippen LogP contribution >= 0.6 is 24.0 Å². The molecule has 2 unspecified atom stereocenters. The molecule has 148 valence electrons. The maximum Gasteiger partial charge on any atom is 0.272 e. The van der Waals surface area contributed by atoms with Gasteiger partial charge < -0.3 is 15.1 Å². The van der Waals surface area contributed by atoms with Crippen molar-refractivity contribution in [3.63, 3.8) is 0 Å². The average Bonchev–Trinajstić information content (AvgIpc) is 3.33. The summed E-state index contributed by atoms with van der Waals surface area (Å²) in [6.45, 7) is 3.95. The Morgan fingerprint density at radius 3 is 2.79 bits per heavy atom. The third-order valence-electron chi connectivity index (χ3n) is 4.89. The SMILES string of the molecule is CC1CNCCC1NC(=O)c1cc(-c2ccco2)n(-c2ccc(Cl)cc2)n1.Cl. The number of halogens is 2. The Balaban J connectivity index is 0.00000225. The number of benzene rings is 1. The topological polar surface area (TPSA) is 72.1 Å². The summed E-state index contributed by atoms with van der Waals surface area (Å²) in [4.78, 5) is 12.8. The molecule has 4 rings (SSSR count). The van der Waals surface area contributed by atoms with Crippen LogP contribution in [0.2, 0.25) is 5.02 Å². The molecule has 0 radical (unpaired) electrons. The van der Waals surface area contributed by atoms with Crippen LogP contribution in [0.3, 0.4) is 0 Å². The van der Waals surface area contributed by atoms with Gasteiger partial charge in [-0.1, -0.05) is 18.5 Å². The second-order valence-corrected chi connectivity index (χ2v) is 7.27. The summed E-state index contributed by atoms with van der Waals surface area (Å²) in [5.41, 5.74) is 1.88. The number of nitrogens with zero attached hydrogens (tertiary/aromatic N) is 2. The quantitative estimate of drug-likeness (QED) is 0.670. The molecule has 3 aromatic rings. The number of aromatic nitrogens is 2. The first-order valence-corrected chi connectivity index (χ1v) is 9.41. The maximum absolute atomic E-state index is 12.8. The molecule has 1 saturated heterocycles. The second kappa shape index (κ2) is 8.82. The van der Waals surface area contributed by atoms with E-state index in [0.717, 1.165) is 25.2 Å². The largest absolute Gasteiger partial charge is 0.463 e. The van der Waals surface area contributed by atoms with E-state index < -0.39 is 0 Å². The van der Waals surface area contributed by atoms with E-state index in [1.807, 2.05) is 24.3 Å². The lowest BCUT2D eigenvalue weighted by Gasteiger charge is -2.29. The molecule has 3 heterocycles. The smallest absolute Gasteiger partial charge is 0.272 e. The van der Waals surface area contributed by atoms with E-state index in [1.54, 1.807) is 29.1 Å². The Hall–Kier alpha value is -2.28. The molecule has 1 fully saturated rings. The standard InChI is InChI=1S/C20H21ClN4O2.ClH/c1-13-12-22-9-8-16(13)23-20(26)17-11-18(19-3-2-10-27-19)25(24-17)15-6-4-14(21)5-7-15;/h2-7,10-11,13,16,22H,8-9,12H2,1H3,(H,23,26);1H. The Morgan fingerprint density at radius 2 is 2.11 bits per heavy atom. The molecule has 8 heteroatoms. The molecule has 0 aliphatic carbocycles. The zero-order chi connectivity index (χ0) is 18.8. The zero-order valence-electron chi connectivity index (χ0n) is 15.4. The number of piperidine rings is 1. The van der Waals surface area contributed by atoms with E-state index in [1.165, 1.54) is 0 Å². The van der Waals surface area contributed by atoms with Gasteiger partial charge in [0.25, 0.3) is 5.91 Å². The van der Waals surface area contributed by atoms with Crippen LogP contribution in [0, 0.1) is 5.92 Å². The lowest BCUT2D eigenvalue weighted by molar-refractivity contribution is 0.0908. The zero-order valence-corrected chi connectivity index (χ0v) is 17.0. The van der Waals surface area contributed by atoms with Crippen LogP contribution < -0.4 is 10.6 Å². The highest BCUT2D eigenvalue weighted by atomic mass is 35.5. The van der Waals surface area contributed by atoms with Gasteiger partial charge in [0.1, 0.15) is 5.69 Å². The van der Waals surface area contributed by atoms with Crippen molar-refractivity contribution in [2.75, 3.05) is 13.1 Å². The molecule has 2 aromatic heterocycles. The number of carbonyl (C=O) groups is 1. The van der Waals surface area contributed by atoms with E-state index in [2.05, 4.69) is 22.7 Å². The van der Waals surface area contributed by atoms with E-state index in [9.17, 15) is 4.79 Å². The van der Waals surface area contributed by atoms with Crippen molar-refractivity contribution >= 4 is 29.9 Å². The van der Waals surface area contributed by atoms with Crippen LogP contribution in [-0.2, 0) is 0 Å². The van der Waals surface area contributed by atoms with Crippen molar-refractivity contribution in [2.24, 2.45) is 5.92 Å². The highest BCUT2D eigenvalue weighted by Crippen LogP contribution is 2.25. The van der Waals surface area contributed by atoms with E-state index in [4.69, 9.17) is 16.0 Å². The molecular weight excluding hydrogens is 399 g/mol. The Morgan fingerprint density at radius 1 is 1.32 bits per heavy atom. The molecule has 1 aliphatic heterocycles. The summed E-state index contributed by atoms with van der Waals surface area (Å²) in [5.74, 6) is 0.853. The minimum atomic E-state index is -0.172. The first-order chi connectivity index (χ1) is 13.1. The van der Waals surface area contributed by atoms with Crippen LogP contribution in [-0.4, -0.2) is 34.8 Å². The lowest BCUT2D eigenvalue weighted by Crippen LogP contribution is -2.48. The minimum Gasteiger partial charge on any atom is -0.463 e. The predicted molar refractivity (Wildman–Crippen MR) is 111 cm³/mol. The van der Waals surface area contributed by atoms with Gasteiger partial charge >= 0.3 is 0 Å². The monoisotopic (exact) mass is 420 g/mol. The van der Waals surface area contributed by atoms with E-state index in [-0.39, 0.29) is 24.4 Å². The number of rotatable bonds is 4. The van der Waals surface area contributed by atoms with Gasteiger partial charge in [-0.25, -0.2) is 4.68 Å². The number of nitrogens with one attached hydrogen (secondary N) is 2. The van der Waals surface area contributed by atoms with Gasteiger partial charge in [0.05, 0.1) is 12.0 Å². The summed E-state index contributed by atoms with van der Waals surface area (Å²) in [5, 5.41) is 11.7. The number of carbonyl (C=O) groups excluding carboxylic acids is 1. The number of furan rings is 1. The molecule has 28 heavy (non-hydrogen) atoms. The normalized spacial score (nSPS) is 19.1. The van der Waals surface area contributed by atoms with Gasteiger partial charge in [0.2, 0.25) is 0 Å². The summed E-state index contributed by atoms with van der Waals surface area (Å²) < 4.78 is 7.24. The van der Waals surface area contributed by atoms with Gasteiger partial charge in [0, 0.05) is 17.1 Å². The molecule has 1 amide bonds. The fourth-order valence-electron chi connectivity index (χ4n) is 3.34. The highest BCUT2D eigenvalue weighted by Gasteiger charge is 2.25. The maximum atomic E-state index is 12.8. The Kier molecular flexibility index (Phi) is 6.44. The summed E-state index contributed by atoms with van der Waals surface area (Å²) in [7, 11) is 0. The van der Waals surface area contributed by atoms with Crippen molar-refractivity contribution in [1.82, 2.24) is 20.4 Å². The van der Waals surface area contributed by atoms with Crippen LogP contribution in [0.5, 0.6) is 0 Å². The Bertz CT molecular complexity index is 922. The van der Waals surface area contributed by atoms with Gasteiger partial charge in [-0.2, -0.15) is 5.10 Å². The lowest BCUT2D eigenvalue weighted by atomic mass is 9.95. The molecular formula is C20H22Cl2N4O2. The van der Waals surface area contributed by atoms with Crippen molar-refractivity contribution < 1.29 is 9.21 Å². The first kappa shape index (κ1) is 20.5. The molecule has 0 spiro atoms. The summed E-state index contributed by atoms with van der Waals surface area (Å²) >= 11 is 6.00. The minimum absolute atomic E-state index is 0. The van der Waals surface area contributed by atoms with E-state index in [0.29, 0.717) is 28.1 Å².